The zero-order valence-corrected chi connectivity index (χ0v) is 9.01. The Morgan fingerprint density at radius 1 is 1.38 bits per heavy atom. The first kappa shape index (κ1) is 10.5. The van der Waals surface area contributed by atoms with Crippen molar-refractivity contribution >= 4 is 17.5 Å². The zero-order valence-electron chi connectivity index (χ0n) is 9.01. The van der Waals surface area contributed by atoms with Crippen LogP contribution in [0.25, 0.3) is 0 Å². The van der Waals surface area contributed by atoms with Gasteiger partial charge in [-0.05, 0) is 12.1 Å². The molecule has 1 heterocycles. The van der Waals surface area contributed by atoms with Crippen LogP contribution in [0.4, 0.5) is 5.69 Å². The normalized spacial score (nSPS) is 18.4. The molecule has 0 spiro atoms. The smallest absolute Gasteiger partial charge is 0.376 e. The van der Waals surface area contributed by atoms with Crippen molar-refractivity contribution in [3.05, 3.63) is 30.3 Å². The predicted octanol–water partition coefficient (Wildman–Crippen LogP) is 0.901. The maximum atomic E-state index is 11.4. The highest BCUT2D eigenvalue weighted by molar-refractivity contribution is 6.35. The van der Waals surface area contributed by atoms with Crippen LogP contribution in [0.1, 0.15) is 0 Å². The number of para-hydroxylation sites is 1. The van der Waals surface area contributed by atoms with Crippen molar-refractivity contribution in [2.24, 2.45) is 5.10 Å². The van der Waals surface area contributed by atoms with Crippen LogP contribution in [0.3, 0.4) is 0 Å². The molecule has 1 N–H and O–H groups in total. The highest BCUT2D eigenvalue weighted by atomic mass is 16.5. The number of benzene rings is 1. The molecule has 84 valence electrons. The summed E-state index contributed by atoms with van der Waals surface area (Å²) in [4.78, 5) is 13.2. The van der Waals surface area contributed by atoms with Gasteiger partial charge in [-0.15, -0.1) is 5.10 Å². The van der Waals surface area contributed by atoms with Crippen molar-refractivity contribution in [2.45, 2.75) is 0 Å². The van der Waals surface area contributed by atoms with E-state index in [0.29, 0.717) is 19.0 Å². The molecular weight excluding hydrogens is 206 g/mol. The minimum Gasteiger partial charge on any atom is -0.458 e. The second kappa shape index (κ2) is 4.65. The number of nitrogens with zero attached hydrogens (tertiary/aromatic N) is 2. The van der Waals surface area contributed by atoms with Gasteiger partial charge in [0.1, 0.15) is 6.61 Å². The van der Waals surface area contributed by atoms with Crippen LogP contribution in [-0.2, 0) is 9.53 Å². The maximum Gasteiger partial charge on any atom is 0.376 e. The Kier molecular flexibility index (Phi) is 3.05. The van der Waals surface area contributed by atoms with Crippen LogP contribution in [0.2, 0.25) is 0 Å². The summed E-state index contributed by atoms with van der Waals surface area (Å²) in [6, 6.07) is 9.45. The average Bonchev–Trinajstić information content (AvgIpc) is 2.30. The number of anilines is 1. The predicted molar refractivity (Wildman–Crippen MR) is 61.1 cm³/mol. The Balaban J connectivity index is 2.08. The van der Waals surface area contributed by atoms with Crippen molar-refractivity contribution < 1.29 is 9.53 Å². The van der Waals surface area contributed by atoms with Crippen LogP contribution in [0.5, 0.6) is 0 Å². The first-order valence-corrected chi connectivity index (χ1v) is 5.04. The number of amidine groups is 1. The van der Waals surface area contributed by atoms with E-state index in [1.165, 1.54) is 0 Å². The Hall–Kier alpha value is -2.04. The van der Waals surface area contributed by atoms with Gasteiger partial charge in [0, 0.05) is 7.05 Å². The fourth-order valence-corrected chi connectivity index (χ4v) is 1.36. The van der Waals surface area contributed by atoms with Crippen molar-refractivity contribution in [2.75, 3.05) is 25.6 Å². The van der Waals surface area contributed by atoms with E-state index in [-0.39, 0.29) is 0 Å². The van der Waals surface area contributed by atoms with Gasteiger partial charge in [0.15, 0.2) is 0 Å². The average molecular weight is 219 g/mol. The number of cyclic esters (lactones) is 1. The molecule has 1 fully saturated rings. The summed E-state index contributed by atoms with van der Waals surface area (Å²) < 4.78 is 4.90. The van der Waals surface area contributed by atoms with E-state index in [9.17, 15) is 4.79 Å². The lowest BCUT2D eigenvalue weighted by molar-refractivity contribution is -0.138. The third-order valence-electron chi connectivity index (χ3n) is 2.27. The molecule has 0 radical (unpaired) electrons. The van der Waals surface area contributed by atoms with E-state index in [2.05, 4.69) is 10.5 Å². The first-order valence-electron chi connectivity index (χ1n) is 5.04. The van der Waals surface area contributed by atoms with E-state index < -0.39 is 5.97 Å². The molecule has 1 aliphatic rings. The largest absolute Gasteiger partial charge is 0.458 e. The third-order valence-corrected chi connectivity index (χ3v) is 2.27. The van der Waals surface area contributed by atoms with Gasteiger partial charge in [0.05, 0.1) is 12.2 Å². The van der Waals surface area contributed by atoms with Crippen molar-refractivity contribution in [3.63, 3.8) is 0 Å². The molecular formula is C11H13N3O2. The van der Waals surface area contributed by atoms with Crippen LogP contribution in [-0.4, -0.2) is 36.9 Å². The number of rotatable bonds is 2. The number of nitrogens with one attached hydrogen (secondary N) is 1. The summed E-state index contributed by atoms with van der Waals surface area (Å²) in [5.74, 6) is -0.0905. The summed E-state index contributed by atoms with van der Waals surface area (Å²) in [5, 5.41) is 4.03. The molecule has 0 atom stereocenters. The molecule has 16 heavy (non-hydrogen) atoms. The fourth-order valence-electron chi connectivity index (χ4n) is 1.36. The molecule has 0 amide bonds. The second-order valence-electron chi connectivity index (χ2n) is 3.47. The number of hydrazone groups is 1. The van der Waals surface area contributed by atoms with Gasteiger partial charge in [0.25, 0.3) is 0 Å². The quantitative estimate of drug-likeness (QED) is 0.593. The van der Waals surface area contributed by atoms with Gasteiger partial charge in [-0.2, -0.15) is 0 Å². The minimum absolute atomic E-state index is 0.301. The van der Waals surface area contributed by atoms with Gasteiger partial charge in [-0.3, -0.25) is 5.43 Å². The lowest BCUT2D eigenvalue weighted by Gasteiger charge is -2.24. The molecule has 0 aromatic heterocycles. The van der Waals surface area contributed by atoms with Crippen molar-refractivity contribution in [1.29, 1.82) is 0 Å². The topological polar surface area (TPSA) is 53.9 Å². The number of carbonyl (C=O) groups excluding carboxylic acids is 1. The molecule has 0 saturated carbocycles. The van der Waals surface area contributed by atoms with E-state index in [0.717, 1.165) is 5.69 Å². The zero-order chi connectivity index (χ0) is 11.4. The van der Waals surface area contributed by atoms with Gasteiger partial charge < -0.3 is 9.64 Å². The third kappa shape index (κ3) is 2.31. The summed E-state index contributed by atoms with van der Waals surface area (Å²) in [6.45, 7) is 1.08. The Labute approximate surface area is 93.7 Å². The number of morpholine rings is 1. The molecule has 1 aliphatic heterocycles. The van der Waals surface area contributed by atoms with Crippen molar-refractivity contribution in [1.82, 2.24) is 4.90 Å². The van der Waals surface area contributed by atoms with E-state index >= 15 is 0 Å². The van der Waals surface area contributed by atoms with E-state index in [1.807, 2.05) is 37.4 Å². The van der Waals surface area contributed by atoms with Crippen LogP contribution < -0.4 is 5.43 Å². The second-order valence-corrected chi connectivity index (χ2v) is 3.47. The molecule has 0 bridgehead atoms. The van der Waals surface area contributed by atoms with Gasteiger partial charge in [-0.25, -0.2) is 4.79 Å². The van der Waals surface area contributed by atoms with Crippen LogP contribution >= 0.6 is 0 Å². The number of carbonyl (C=O) groups is 1. The fraction of sp³-hybridized carbons (Fsp3) is 0.273. The summed E-state index contributed by atoms with van der Waals surface area (Å²) in [6.07, 6.45) is 0. The standard InChI is InChI=1S/C11H13N3O2/c1-14-7-8-16-11(15)10(14)13-12-9-5-3-2-4-6-9/h2-6,12H,7-8H2,1H3. The van der Waals surface area contributed by atoms with Crippen LogP contribution in [0.15, 0.2) is 35.4 Å². The van der Waals surface area contributed by atoms with E-state index in [4.69, 9.17) is 4.74 Å². The molecule has 0 unspecified atom stereocenters. The number of ether oxygens (including phenoxy) is 1. The molecule has 5 heteroatoms. The molecule has 1 aromatic carbocycles. The lowest BCUT2D eigenvalue weighted by Crippen LogP contribution is -2.43. The lowest BCUT2D eigenvalue weighted by atomic mass is 10.3. The minimum atomic E-state index is -0.391. The van der Waals surface area contributed by atoms with Gasteiger partial charge in [-0.1, -0.05) is 18.2 Å². The summed E-state index contributed by atoms with van der Waals surface area (Å²) in [5.41, 5.74) is 3.66. The number of hydrogen-bond donors (Lipinski definition) is 1. The molecule has 2 rings (SSSR count). The highest BCUT2D eigenvalue weighted by Gasteiger charge is 2.23. The maximum absolute atomic E-state index is 11.4. The van der Waals surface area contributed by atoms with Crippen LogP contribution in [0, 0.1) is 0 Å². The molecule has 1 aromatic rings. The Morgan fingerprint density at radius 3 is 2.81 bits per heavy atom. The SMILES string of the molecule is CN1CCOC(=O)C1=NNc1ccccc1. The Bertz CT molecular complexity index is 403. The number of esters is 1. The number of likely N-dealkylation sites (N-methyl/N-ethyl adjacent to an activating group) is 1. The van der Waals surface area contributed by atoms with Gasteiger partial charge >= 0.3 is 5.97 Å². The van der Waals surface area contributed by atoms with Crippen molar-refractivity contribution in [3.8, 4) is 0 Å². The Morgan fingerprint density at radius 2 is 2.12 bits per heavy atom. The summed E-state index contributed by atoms with van der Waals surface area (Å²) >= 11 is 0. The molecule has 0 aliphatic carbocycles. The monoisotopic (exact) mass is 219 g/mol. The number of hydrogen-bond acceptors (Lipinski definition) is 4. The molecule has 1 saturated heterocycles. The van der Waals surface area contributed by atoms with Gasteiger partial charge in [0.2, 0.25) is 5.84 Å². The molecule has 5 nitrogen and oxygen atoms in total. The van der Waals surface area contributed by atoms with E-state index in [1.54, 1.807) is 4.90 Å². The first-order chi connectivity index (χ1) is 7.77. The summed E-state index contributed by atoms with van der Waals surface area (Å²) in [7, 11) is 1.81. The highest BCUT2D eigenvalue weighted by Crippen LogP contribution is 2.06.